The van der Waals surface area contributed by atoms with E-state index in [0.717, 1.165) is 36.8 Å². The van der Waals surface area contributed by atoms with E-state index in [1.54, 1.807) is 7.05 Å². The second-order valence-electron chi connectivity index (χ2n) is 5.73. The Morgan fingerprint density at radius 2 is 1.92 bits per heavy atom. The molecule has 2 N–H and O–H groups in total. The lowest BCUT2D eigenvalue weighted by atomic mass is 10.1. The Morgan fingerprint density at radius 1 is 1.12 bits per heavy atom. The molecule has 5 nitrogen and oxygen atoms in total. The van der Waals surface area contributed by atoms with Gasteiger partial charge in [-0.05, 0) is 30.2 Å². The number of nitrogens with one attached hydrogen (secondary N) is 2. The zero-order chi connectivity index (χ0) is 16.8. The van der Waals surface area contributed by atoms with Gasteiger partial charge in [-0.15, -0.1) is 24.0 Å². The van der Waals surface area contributed by atoms with Crippen molar-refractivity contribution < 1.29 is 0 Å². The van der Waals surface area contributed by atoms with E-state index in [-0.39, 0.29) is 24.0 Å². The number of nitrogens with zero attached hydrogens (tertiary/aromatic N) is 3. The van der Waals surface area contributed by atoms with Crippen molar-refractivity contribution in [2.75, 3.05) is 13.6 Å². The molecule has 0 aliphatic carbocycles. The number of benzene rings is 1. The van der Waals surface area contributed by atoms with Gasteiger partial charge in [0.15, 0.2) is 5.96 Å². The number of hydrogen-bond donors (Lipinski definition) is 2. The zero-order valence-electron chi connectivity index (χ0n) is 14.6. The molecule has 0 saturated carbocycles. The number of aryl methyl sites for hydroxylation is 1. The van der Waals surface area contributed by atoms with Crippen molar-refractivity contribution >= 4 is 35.6 Å². The average Bonchev–Trinajstić information content (AvgIpc) is 3.02. The van der Waals surface area contributed by atoms with Crippen LogP contribution in [-0.2, 0) is 13.0 Å². The molecule has 6 heteroatoms. The van der Waals surface area contributed by atoms with E-state index in [4.69, 9.17) is 0 Å². The number of pyridine rings is 1. The fraction of sp³-hybridized carbons (Fsp3) is 0.263. The van der Waals surface area contributed by atoms with Gasteiger partial charge in [-0.3, -0.25) is 4.99 Å². The molecule has 3 rings (SSSR count). The molecule has 0 radical (unpaired) electrons. The lowest BCUT2D eigenvalue weighted by Crippen LogP contribution is -2.38. The van der Waals surface area contributed by atoms with E-state index in [0.29, 0.717) is 0 Å². The van der Waals surface area contributed by atoms with E-state index in [9.17, 15) is 0 Å². The van der Waals surface area contributed by atoms with Crippen LogP contribution in [0.3, 0.4) is 0 Å². The van der Waals surface area contributed by atoms with Crippen molar-refractivity contribution in [3.8, 4) is 0 Å². The van der Waals surface area contributed by atoms with Crippen molar-refractivity contribution in [3.05, 3.63) is 71.7 Å². The van der Waals surface area contributed by atoms with Crippen LogP contribution in [0.2, 0.25) is 0 Å². The molecule has 25 heavy (non-hydrogen) atoms. The number of aliphatic imine (C=N–C) groups is 1. The van der Waals surface area contributed by atoms with E-state index < -0.39 is 0 Å². The standard InChI is InChI=1S/C19H23N5.HI/c1-15-7-3-4-8-16(15)13-22-19(20-2)21-11-10-17-14-24-12-6-5-9-18(24)23-17;/h3-9,12,14H,10-11,13H2,1-2H3,(H2,20,21,22);1H. The van der Waals surface area contributed by atoms with Crippen molar-refractivity contribution in [2.24, 2.45) is 4.99 Å². The molecule has 0 saturated heterocycles. The fourth-order valence-corrected chi connectivity index (χ4v) is 2.62. The number of halogens is 1. The van der Waals surface area contributed by atoms with Gasteiger partial charge in [0, 0.05) is 39.0 Å². The molecule has 2 aromatic heterocycles. The van der Waals surface area contributed by atoms with Gasteiger partial charge >= 0.3 is 0 Å². The molecule has 0 atom stereocenters. The van der Waals surface area contributed by atoms with Gasteiger partial charge in [-0.1, -0.05) is 30.3 Å². The van der Waals surface area contributed by atoms with Crippen LogP contribution in [0.4, 0.5) is 0 Å². The van der Waals surface area contributed by atoms with Gasteiger partial charge < -0.3 is 15.0 Å². The topological polar surface area (TPSA) is 53.7 Å². The quantitative estimate of drug-likeness (QED) is 0.358. The predicted octanol–water partition coefficient (Wildman–Crippen LogP) is 3.17. The summed E-state index contributed by atoms with van der Waals surface area (Å²) in [6.45, 7) is 3.68. The highest BCUT2D eigenvalue weighted by molar-refractivity contribution is 14.0. The maximum atomic E-state index is 4.60. The Kier molecular flexibility index (Phi) is 7.24. The molecular weight excluding hydrogens is 425 g/mol. The third kappa shape index (κ3) is 5.19. The largest absolute Gasteiger partial charge is 0.356 e. The fourth-order valence-electron chi connectivity index (χ4n) is 2.62. The first-order valence-electron chi connectivity index (χ1n) is 8.18. The Morgan fingerprint density at radius 3 is 2.68 bits per heavy atom. The first-order valence-corrected chi connectivity index (χ1v) is 8.18. The molecule has 0 amide bonds. The van der Waals surface area contributed by atoms with Gasteiger partial charge in [-0.25, -0.2) is 4.98 Å². The van der Waals surface area contributed by atoms with E-state index >= 15 is 0 Å². The Hall–Kier alpha value is -2.09. The van der Waals surface area contributed by atoms with Gasteiger partial charge in [0.1, 0.15) is 5.65 Å². The molecule has 0 aliphatic heterocycles. The van der Waals surface area contributed by atoms with Crippen LogP contribution in [0, 0.1) is 6.92 Å². The summed E-state index contributed by atoms with van der Waals surface area (Å²) in [5, 5.41) is 6.69. The Bertz CT molecular complexity index is 807. The maximum Gasteiger partial charge on any atom is 0.191 e. The Labute approximate surface area is 165 Å². The van der Waals surface area contributed by atoms with Crippen LogP contribution in [0.5, 0.6) is 0 Å². The lowest BCUT2D eigenvalue weighted by Gasteiger charge is -2.12. The number of guanidine groups is 1. The van der Waals surface area contributed by atoms with Crippen molar-refractivity contribution in [2.45, 2.75) is 19.9 Å². The highest BCUT2D eigenvalue weighted by Gasteiger charge is 2.03. The normalized spacial score (nSPS) is 11.2. The lowest BCUT2D eigenvalue weighted by molar-refractivity contribution is 0.785. The van der Waals surface area contributed by atoms with Crippen LogP contribution in [0.1, 0.15) is 16.8 Å². The molecule has 3 aromatic rings. The summed E-state index contributed by atoms with van der Waals surface area (Å²) in [5.74, 6) is 0.807. The first kappa shape index (κ1) is 19.2. The number of fused-ring (bicyclic) bond motifs is 1. The summed E-state index contributed by atoms with van der Waals surface area (Å²) in [6.07, 6.45) is 4.94. The summed E-state index contributed by atoms with van der Waals surface area (Å²) >= 11 is 0. The highest BCUT2D eigenvalue weighted by Crippen LogP contribution is 2.06. The molecular formula is C19H24IN5. The average molecular weight is 449 g/mol. The molecule has 132 valence electrons. The van der Waals surface area contributed by atoms with Gasteiger partial charge in [0.25, 0.3) is 0 Å². The minimum Gasteiger partial charge on any atom is -0.356 e. The van der Waals surface area contributed by atoms with Gasteiger partial charge in [0.05, 0.1) is 5.69 Å². The number of rotatable bonds is 5. The number of imidazole rings is 1. The summed E-state index contributed by atoms with van der Waals surface area (Å²) in [7, 11) is 1.79. The van der Waals surface area contributed by atoms with Crippen molar-refractivity contribution in [1.29, 1.82) is 0 Å². The third-order valence-electron chi connectivity index (χ3n) is 4.02. The molecule has 0 unspecified atom stereocenters. The molecule has 0 spiro atoms. The van der Waals surface area contributed by atoms with E-state index in [1.807, 2.05) is 28.8 Å². The molecule has 0 bridgehead atoms. The Balaban J connectivity index is 0.00000225. The molecule has 0 fully saturated rings. The minimum atomic E-state index is 0. The van der Waals surface area contributed by atoms with Crippen LogP contribution in [-0.4, -0.2) is 28.9 Å². The van der Waals surface area contributed by atoms with Crippen molar-refractivity contribution in [3.63, 3.8) is 0 Å². The minimum absolute atomic E-state index is 0. The molecule has 2 heterocycles. The maximum absolute atomic E-state index is 4.60. The summed E-state index contributed by atoms with van der Waals surface area (Å²) < 4.78 is 2.04. The molecule has 1 aromatic carbocycles. The summed E-state index contributed by atoms with van der Waals surface area (Å²) in [6, 6.07) is 14.4. The highest BCUT2D eigenvalue weighted by atomic mass is 127. The van der Waals surface area contributed by atoms with Crippen LogP contribution < -0.4 is 10.6 Å². The summed E-state index contributed by atoms with van der Waals surface area (Å²) in [4.78, 5) is 8.88. The number of aromatic nitrogens is 2. The zero-order valence-corrected chi connectivity index (χ0v) is 16.9. The van der Waals surface area contributed by atoms with Crippen LogP contribution in [0.15, 0.2) is 59.9 Å². The third-order valence-corrected chi connectivity index (χ3v) is 4.02. The van der Waals surface area contributed by atoms with Gasteiger partial charge in [0.2, 0.25) is 0 Å². The van der Waals surface area contributed by atoms with Crippen LogP contribution in [0.25, 0.3) is 5.65 Å². The van der Waals surface area contributed by atoms with Gasteiger partial charge in [-0.2, -0.15) is 0 Å². The predicted molar refractivity (Wildman–Crippen MR) is 114 cm³/mol. The van der Waals surface area contributed by atoms with E-state index in [1.165, 1.54) is 11.1 Å². The monoisotopic (exact) mass is 449 g/mol. The van der Waals surface area contributed by atoms with E-state index in [2.05, 4.69) is 58.0 Å². The first-order chi connectivity index (χ1) is 11.8. The SMILES string of the molecule is CN=C(NCCc1cn2ccccc2n1)NCc1ccccc1C.I. The smallest absolute Gasteiger partial charge is 0.191 e. The second-order valence-corrected chi connectivity index (χ2v) is 5.73. The molecule has 0 aliphatic rings. The summed E-state index contributed by atoms with van der Waals surface area (Å²) in [5.41, 5.74) is 4.61. The van der Waals surface area contributed by atoms with Crippen LogP contribution >= 0.6 is 24.0 Å². The second kappa shape index (κ2) is 9.41. The van der Waals surface area contributed by atoms with Crippen molar-refractivity contribution in [1.82, 2.24) is 20.0 Å². The number of hydrogen-bond acceptors (Lipinski definition) is 2.